The van der Waals surface area contributed by atoms with Crippen LogP contribution in [0.15, 0.2) is 29.3 Å². The molecule has 234 valence electrons. The molecule has 4 heterocycles. The molecule has 0 bridgehead atoms. The van der Waals surface area contributed by atoms with Crippen molar-refractivity contribution in [2.75, 3.05) is 24.2 Å². The molecule has 0 radical (unpaired) electrons. The van der Waals surface area contributed by atoms with Gasteiger partial charge in [-0.25, -0.2) is 18.4 Å². The molecule has 0 saturated heterocycles. The van der Waals surface area contributed by atoms with Gasteiger partial charge in [0.15, 0.2) is 9.84 Å². The zero-order valence-electron chi connectivity index (χ0n) is 22.2. The zero-order chi connectivity index (χ0) is 31.8. The second-order valence-corrected chi connectivity index (χ2v) is 14.0. The Hall–Kier alpha value is -3.44. The Morgan fingerprint density at radius 1 is 1.07 bits per heavy atom. The number of nitrogens with zero attached hydrogens (tertiary/aromatic N) is 4. The number of rotatable bonds is 4. The summed E-state index contributed by atoms with van der Waals surface area (Å²) in [5.41, 5.74) is -0.837. The maximum absolute atomic E-state index is 14.1. The number of nitrogens with one attached hydrogen (secondary N) is 1. The summed E-state index contributed by atoms with van der Waals surface area (Å²) in [5.74, 6) is -3.23. The number of carbonyl (C=O) groups is 2. The number of thiophene rings is 1. The van der Waals surface area contributed by atoms with Crippen LogP contribution in [0.3, 0.4) is 0 Å². The summed E-state index contributed by atoms with van der Waals surface area (Å²) in [5, 5.41) is 2.71. The largest absolute Gasteiger partial charge is 0.471 e. The third-order valence-electron chi connectivity index (χ3n) is 7.48. The highest BCUT2D eigenvalue weighted by Crippen LogP contribution is 2.43. The zero-order valence-corrected chi connectivity index (χ0v) is 24.6. The lowest BCUT2D eigenvalue weighted by molar-refractivity contribution is -0.186. The van der Waals surface area contributed by atoms with Crippen molar-refractivity contribution < 1.29 is 44.3 Å². The van der Waals surface area contributed by atoms with Crippen LogP contribution in [-0.4, -0.2) is 71.1 Å². The predicted molar refractivity (Wildman–Crippen MR) is 146 cm³/mol. The van der Waals surface area contributed by atoms with Crippen LogP contribution in [0.2, 0.25) is 5.02 Å². The first-order valence-electron chi connectivity index (χ1n) is 13.1. The number of benzene rings is 1. The van der Waals surface area contributed by atoms with Crippen LogP contribution in [0.25, 0.3) is 10.6 Å². The van der Waals surface area contributed by atoms with E-state index >= 15 is 0 Å². The molecule has 2 amide bonds. The van der Waals surface area contributed by atoms with Crippen LogP contribution in [0.1, 0.15) is 39.2 Å². The minimum Gasteiger partial charge on any atom is -0.334 e. The van der Waals surface area contributed by atoms with E-state index in [9.17, 15) is 44.3 Å². The highest BCUT2D eigenvalue weighted by atomic mass is 35.5. The topological polar surface area (TPSA) is 113 Å². The van der Waals surface area contributed by atoms with Crippen molar-refractivity contribution in [3.63, 3.8) is 0 Å². The fourth-order valence-electron chi connectivity index (χ4n) is 5.15. The monoisotopic (exact) mass is 679 g/mol. The Balaban J connectivity index is 1.35. The van der Waals surface area contributed by atoms with Gasteiger partial charge in [0.2, 0.25) is 5.95 Å². The molecule has 1 fully saturated rings. The van der Waals surface area contributed by atoms with E-state index in [2.05, 4.69) is 15.3 Å². The van der Waals surface area contributed by atoms with Gasteiger partial charge in [-0.3, -0.25) is 9.59 Å². The number of anilines is 2. The van der Waals surface area contributed by atoms with Crippen molar-refractivity contribution in [1.82, 2.24) is 19.8 Å². The van der Waals surface area contributed by atoms with Crippen LogP contribution < -0.4 is 5.32 Å². The van der Waals surface area contributed by atoms with Gasteiger partial charge in [-0.2, -0.15) is 26.3 Å². The molecule has 1 saturated carbocycles. The van der Waals surface area contributed by atoms with E-state index in [-0.39, 0.29) is 69.2 Å². The summed E-state index contributed by atoms with van der Waals surface area (Å²) in [6.45, 7) is -0.552. The number of halogens is 7. The summed E-state index contributed by atoms with van der Waals surface area (Å²) in [4.78, 5) is 34.0. The fourth-order valence-corrected chi connectivity index (χ4v) is 8.30. The molecule has 1 N–H and O–H groups in total. The van der Waals surface area contributed by atoms with Gasteiger partial charge in [-0.15, -0.1) is 11.3 Å². The smallest absolute Gasteiger partial charge is 0.334 e. The quantitative estimate of drug-likeness (QED) is 0.365. The molecule has 18 heteroatoms. The standard InChI is InChI=1S/C26H20ClF6N5O4S2/c27-16-7-13-11-37(23(40)26(31,32)33)4-3-12(13)8-17(16)35-24-34-10-15(25(28,29)30)20(36-24)18-9-19-21(43-18)22(39)38(14-1-2-14)5-6-44(19,41)42/h7-10,14H,1-6,11H2,(H,34,35,36). The Bertz CT molecular complexity index is 1810. The summed E-state index contributed by atoms with van der Waals surface area (Å²) >= 11 is 6.94. The third kappa shape index (κ3) is 5.72. The summed E-state index contributed by atoms with van der Waals surface area (Å²) in [6, 6.07) is 3.76. The van der Waals surface area contributed by atoms with Gasteiger partial charge in [0.1, 0.15) is 10.4 Å². The highest BCUT2D eigenvalue weighted by molar-refractivity contribution is 7.91. The van der Waals surface area contributed by atoms with Crippen molar-refractivity contribution in [1.29, 1.82) is 0 Å². The van der Waals surface area contributed by atoms with Crippen LogP contribution in [0, 0.1) is 0 Å². The number of hydrogen-bond acceptors (Lipinski definition) is 8. The molecule has 0 spiro atoms. The van der Waals surface area contributed by atoms with E-state index in [0.29, 0.717) is 46.4 Å². The van der Waals surface area contributed by atoms with Gasteiger partial charge >= 0.3 is 18.3 Å². The molecule has 2 aromatic heterocycles. The van der Waals surface area contributed by atoms with Gasteiger partial charge in [0.05, 0.1) is 31.9 Å². The first kappa shape index (κ1) is 30.6. The minimum absolute atomic E-state index is 0.00382. The number of carbonyl (C=O) groups excluding carboxylic acids is 2. The van der Waals surface area contributed by atoms with Gasteiger partial charge in [-0.05, 0) is 48.6 Å². The summed E-state index contributed by atoms with van der Waals surface area (Å²) < 4.78 is 107. The van der Waals surface area contributed by atoms with Crippen LogP contribution in [0.4, 0.5) is 38.0 Å². The molecule has 0 atom stereocenters. The maximum Gasteiger partial charge on any atom is 0.471 e. The SMILES string of the molecule is O=C1c2sc(-c3nc(Nc4cc5c(cc4Cl)CN(C(=O)C(F)(F)F)CC5)ncc3C(F)(F)F)cc2S(=O)(=O)CCN1C1CC1. The van der Waals surface area contributed by atoms with Gasteiger partial charge in [-0.1, -0.05) is 11.6 Å². The molecule has 44 heavy (non-hydrogen) atoms. The number of aromatic nitrogens is 2. The van der Waals surface area contributed by atoms with Crippen molar-refractivity contribution in [2.24, 2.45) is 0 Å². The second kappa shape index (κ2) is 10.6. The van der Waals surface area contributed by atoms with Crippen LogP contribution >= 0.6 is 22.9 Å². The molecule has 6 rings (SSSR count). The fraction of sp³-hybridized carbons (Fsp3) is 0.385. The normalized spacial score (nSPS) is 18.5. The van der Waals surface area contributed by atoms with Gasteiger partial charge in [0.25, 0.3) is 5.91 Å². The van der Waals surface area contributed by atoms with Crippen LogP contribution in [-0.2, 0) is 33.8 Å². The molecule has 2 aliphatic heterocycles. The number of fused-ring (bicyclic) bond motifs is 2. The van der Waals surface area contributed by atoms with E-state index in [1.165, 1.54) is 17.0 Å². The number of hydrogen-bond donors (Lipinski definition) is 1. The van der Waals surface area contributed by atoms with Crippen LogP contribution in [0.5, 0.6) is 0 Å². The molecule has 3 aromatic rings. The van der Waals surface area contributed by atoms with E-state index in [1.54, 1.807) is 0 Å². The number of amides is 2. The summed E-state index contributed by atoms with van der Waals surface area (Å²) in [6.07, 6.45) is -7.95. The van der Waals surface area contributed by atoms with Gasteiger partial charge < -0.3 is 15.1 Å². The van der Waals surface area contributed by atoms with E-state index < -0.39 is 45.3 Å². The highest BCUT2D eigenvalue weighted by Gasteiger charge is 2.44. The lowest BCUT2D eigenvalue weighted by Gasteiger charge is -2.30. The number of sulfone groups is 1. The van der Waals surface area contributed by atoms with Crippen molar-refractivity contribution in [3.05, 3.63) is 51.0 Å². The lowest BCUT2D eigenvalue weighted by Crippen LogP contribution is -2.43. The lowest BCUT2D eigenvalue weighted by atomic mass is 9.99. The molecular formula is C26H20ClF6N5O4S2. The molecule has 3 aliphatic rings. The Labute approximate surface area is 254 Å². The Morgan fingerprint density at radius 2 is 1.80 bits per heavy atom. The molecular weight excluding hydrogens is 660 g/mol. The van der Waals surface area contributed by atoms with Crippen molar-refractivity contribution in [3.8, 4) is 10.6 Å². The Morgan fingerprint density at radius 3 is 2.45 bits per heavy atom. The first-order valence-corrected chi connectivity index (χ1v) is 15.9. The van der Waals surface area contributed by atoms with E-state index in [0.717, 1.165) is 6.07 Å². The van der Waals surface area contributed by atoms with Crippen molar-refractivity contribution in [2.45, 2.75) is 49.1 Å². The molecule has 1 aromatic carbocycles. The molecule has 1 aliphatic carbocycles. The average molecular weight is 680 g/mol. The summed E-state index contributed by atoms with van der Waals surface area (Å²) in [7, 11) is -3.97. The molecule has 0 unspecified atom stereocenters. The third-order valence-corrected chi connectivity index (χ3v) is 10.8. The molecule has 9 nitrogen and oxygen atoms in total. The minimum atomic E-state index is -5.03. The predicted octanol–water partition coefficient (Wildman–Crippen LogP) is 5.46. The Kier molecular flexibility index (Phi) is 7.35. The number of alkyl halides is 6. The second-order valence-electron chi connectivity index (χ2n) is 10.5. The van der Waals surface area contributed by atoms with E-state index in [4.69, 9.17) is 11.6 Å². The van der Waals surface area contributed by atoms with Crippen molar-refractivity contribution >= 4 is 56.2 Å². The average Bonchev–Trinajstić information content (AvgIpc) is 3.68. The van der Waals surface area contributed by atoms with E-state index in [1.807, 2.05) is 0 Å². The maximum atomic E-state index is 14.1. The first-order chi connectivity index (χ1) is 20.5. The van der Waals surface area contributed by atoms with Gasteiger partial charge in [0, 0.05) is 31.9 Å².